The molecule has 0 radical (unpaired) electrons. The second-order valence-electron chi connectivity index (χ2n) is 6.45. The third-order valence-electron chi connectivity index (χ3n) is 4.09. The maximum Gasteiger partial charge on any atom is 0.336 e. The van der Waals surface area contributed by atoms with Gasteiger partial charge in [-0.1, -0.05) is 62.9 Å². The van der Waals surface area contributed by atoms with Gasteiger partial charge in [0.25, 0.3) is 0 Å². The summed E-state index contributed by atoms with van der Waals surface area (Å²) in [5.74, 6) is 0.795. The Morgan fingerprint density at radius 2 is 1.74 bits per heavy atom. The van der Waals surface area contributed by atoms with Gasteiger partial charge in [0, 0.05) is 6.08 Å². The van der Waals surface area contributed by atoms with E-state index in [1.165, 1.54) is 18.9 Å². The highest BCUT2D eigenvalue weighted by molar-refractivity contribution is 5.88. The molecule has 0 heterocycles. The van der Waals surface area contributed by atoms with Gasteiger partial charge in [0.1, 0.15) is 18.1 Å². The van der Waals surface area contributed by atoms with Crippen LogP contribution >= 0.6 is 0 Å². The Kier molecular flexibility index (Phi) is 9.14. The molecule has 2 rings (SSSR count). The SMILES string of the molecule is CCCCCCC(O)COc1ccc(C=CC(=O)Oc2ccccc2)cc1. The van der Waals surface area contributed by atoms with Crippen molar-refractivity contribution in [1.29, 1.82) is 0 Å². The monoisotopic (exact) mass is 368 g/mol. The minimum Gasteiger partial charge on any atom is -0.491 e. The van der Waals surface area contributed by atoms with Crippen LogP contribution in [0.4, 0.5) is 0 Å². The van der Waals surface area contributed by atoms with Gasteiger partial charge in [-0.15, -0.1) is 0 Å². The highest BCUT2D eigenvalue weighted by Crippen LogP contribution is 2.15. The number of benzene rings is 2. The lowest BCUT2D eigenvalue weighted by atomic mass is 10.1. The van der Waals surface area contributed by atoms with E-state index in [0.717, 1.165) is 24.8 Å². The summed E-state index contributed by atoms with van der Waals surface area (Å²) in [5, 5.41) is 9.94. The minimum atomic E-state index is -0.436. The summed E-state index contributed by atoms with van der Waals surface area (Å²) < 4.78 is 10.8. The number of para-hydroxylation sites is 1. The smallest absolute Gasteiger partial charge is 0.336 e. The van der Waals surface area contributed by atoms with E-state index in [1.807, 2.05) is 42.5 Å². The van der Waals surface area contributed by atoms with Crippen molar-refractivity contribution in [2.24, 2.45) is 0 Å². The van der Waals surface area contributed by atoms with Crippen molar-refractivity contribution in [1.82, 2.24) is 0 Å². The van der Waals surface area contributed by atoms with Gasteiger partial charge in [0.2, 0.25) is 0 Å². The molecule has 0 saturated heterocycles. The van der Waals surface area contributed by atoms with E-state index in [4.69, 9.17) is 9.47 Å². The highest BCUT2D eigenvalue weighted by atomic mass is 16.5. The first-order chi connectivity index (χ1) is 13.2. The van der Waals surface area contributed by atoms with Crippen molar-refractivity contribution in [3.63, 3.8) is 0 Å². The Balaban J connectivity index is 1.73. The Labute approximate surface area is 161 Å². The first kappa shape index (κ1) is 20.7. The molecular weight excluding hydrogens is 340 g/mol. The van der Waals surface area contributed by atoms with E-state index in [2.05, 4.69) is 6.92 Å². The zero-order chi connectivity index (χ0) is 19.3. The molecule has 1 unspecified atom stereocenters. The van der Waals surface area contributed by atoms with Gasteiger partial charge < -0.3 is 14.6 Å². The van der Waals surface area contributed by atoms with Crippen LogP contribution in [0.5, 0.6) is 11.5 Å². The minimum absolute atomic E-state index is 0.296. The molecule has 0 amide bonds. The summed E-state index contributed by atoms with van der Waals surface area (Å²) in [5.41, 5.74) is 0.868. The maximum atomic E-state index is 11.8. The zero-order valence-electron chi connectivity index (χ0n) is 15.8. The summed E-state index contributed by atoms with van der Waals surface area (Å²) in [6.07, 6.45) is 8.00. The van der Waals surface area contributed by atoms with E-state index in [1.54, 1.807) is 18.2 Å². The maximum absolute atomic E-state index is 11.8. The standard InChI is InChI=1S/C23H28O4/c1-2-3-4-6-9-20(24)18-26-21-15-12-19(13-16-21)14-17-23(25)27-22-10-7-5-8-11-22/h5,7-8,10-17,20,24H,2-4,6,9,18H2,1H3. The topological polar surface area (TPSA) is 55.8 Å². The third kappa shape index (κ3) is 8.56. The van der Waals surface area contributed by atoms with Gasteiger partial charge in [0.05, 0.1) is 6.10 Å². The molecule has 0 aromatic heterocycles. The van der Waals surface area contributed by atoms with Crippen LogP contribution in [0.3, 0.4) is 0 Å². The molecule has 0 aliphatic carbocycles. The summed E-state index contributed by atoms with van der Waals surface area (Å²) >= 11 is 0. The van der Waals surface area contributed by atoms with Crippen molar-refractivity contribution in [2.75, 3.05) is 6.61 Å². The lowest BCUT2D eigenvalue weighted by Gasteiger charge is -2.12. The molecule has 1 N–H and O–H groups in total. The van der Waals surface area contributed by atoms with Crippen LogP contribution in [0.15, 0.2) is 60.7 Å². The number of unbranched alkanes of at least 4 members (excludes halogenated alkanes) is 3. The lowest BCUT2D eigenvalue weighted by molar-refractivity contribution is -0.128. The largest absolute Gasteiger partial charge is 0.491 e. The summed E-state index contributed by atoms with van der Waals surface area (Å²) in [6, 6.07) is 16.3. The van der Waals surface area contributed by atoms with Crippen molar-refractivity contribution in [2.45, 2.75) is 45.1 Å². The van der Waals surface area contributed by atoms with Crippen LogP contribution in [-0.4, -0.2) is 23.8 Å². The average Bonchev–Trinajstić information content (AvgIpc) is 2.69. The second-order valence-corrected chi connectivity index (χ2v) is 6.45. The van der Waals surface area contributed by atoms with Gasteiger partial charge in [-0.05, 0) is 42.3 Å². The number of aliphatic hydroxyl groups excluding tert-OH is 1. The Morgan fingerprint density at radius 1 is 1.00 bits per heavy atom. The summed E-state index contributed by atoms with van der Waals surface area (Å²) in [6.45, 7) is 2.47. The van der Waals surface area contributed by atoms with Crippen LogP contribution in [0, 0.1) is 0 Å². The number of esters is 1. The summed E-state index contributed by atoms with van der Waals surface area (Å²) in [4.78, 5) is 11.8. The number of carbonyl (C=O) groups excluding carboxylic acids is 1. The molecule has 2 aromatic carbocycles. The summed E-state index contributed by atoms with van der Waals surface area (Å²) in [7, 11) is 0. The second kappa shape index (κ2) is 11.9. The van der Waals surface area contributed by atoms with E-state index < -0.39 is 12.1 Å². The normalized spacial score (nSPS) is 12.1. The van der Waals surface area contributed by atoms with E-state index >= 15 is 0 Å². The third-order valence-corrected chi connectivity index (χ3v) is 4.09. The van der Waals surface area contributed by atoms with Gasteiger partial charge in [-0.3, -0.25) is 0 Å². The number of ether oxygens (including phenoxy) is 2. The number of hydrogen-bond donors (Lipinski definition) is 1. The van der Waals surface area contributed by atoms with E-state index in [0.29, 0.717) is 18.1 Å². The Hall–Kier alpha value is -2.59. The first-order valence-electron chi connectivity index (χ1n) is 9.53. The molecule has 0 saturated carbocycles. The zero-order valence-corrected chi connectivity index (χ0v) is 15.8. The molecule has 27 heavy (non-hydrogen) atoms. The average molecular weight is 368 g/mol. The van der Waals surface area contributed by atoms with Gasteiger partial charge in [-0.25, -0.2) is 4.79 Å². The van der Waals surface area contributed by atoms with Gasteiger partial charge >= 0.3 is 5.97 Å². The quantitative estimate of drug-likeness (QED) is 0.262. The molecule has 0 bridgehead atoms. The predicted octanol–water partition coefficient (Wildman–Crippen LogP) is 5.02. The van der Waals surface area contributed by atoms with Gasteiger partial charge in [0.15, 0.2) is 0 Å². The highest BCUT2D eigenvalue weighted by Gasteiger charge is 2.05. The fraction of sp³-hybridized carbons (Fsp3) is 0.348. The Bertz CT molecular complexity index is 692. The molecule has 1 atom stereocenters. The molecular formula is C23H28O4. The molecule has 4 heteroatoms. The molecule has 0 aliphatic rings. The molecule has 144 valence electrons. The van der Waals surface area contributed by atoms with Crippen LogP contribution in [-0.2, 0) is 4.79 Å². The van der Waals surface area contributed by atoms with Crippen molar-refractivity contribution >= 4 is 12.0 Å². The lowest BCUT2D eigenvalue weighted by Crippen LogP contribution is -2.17. The van der Waals surface area contributed by atoms with E-state index in [-0.39, 0.29) is 0 Å². The van der Waals surface area contributed by atoms with Crippen LogP contribution in [0.25, 0.3) is 6.08 Å². The van der Waals surface area contributed by atoms with Gasteiger partial charge in [-0.2, -0.15) is 0 Å². The fourth-order valence-electron chi connectivity index (χ4n) is 2.56. The van der Waals surface area contributed by atoms with Crippen LogP contribution in [0.2, 0.25) is 0 Å². The first-order valence-corrected chi connectivity index (χ1v) is 9.53. The predicted molar refractivity (Wildman–Crippen MR) is 108 cm³/mol. The van der Waals surface area contributed by atoms with Crippen LogP contribution < -0.4 is 9.47 Å². The number of carbonyl (C=O) groups is 1. The number of aliphatic hydroxyl groups is 1. The fourth-order valence-corrected chi connectivity index (χ4v) is 2.56. The van der Waals surface area contributed by atoms with Crippen molar-refractivity contribution in [3.8, 4) is 11.5 Å². The molecule has 4 nitrogen and oxygen atoms in total. The molecule has 0 fully saturated rings. The molecule has 2 aromatic rings. The molecule has 0 spiro atoms. The van der Waals surface area contributed by atoms with Crippen molar-refractivity contribution in [3.05, 3.63) is 66.2 Å². The van der Waals surface area contributed by atoms with Crippen LogP contribution in [0.1, 0.15) is 44.6 Å². The molecule has 0 aliphatic heterocycles. The number of hydrogen-bond acceptors (Lipinski definition) is 4. The van der Waals surface area contributed by atoms with Crippen molar-refractivity contribution < 1.29 is 19.4 Å². The van der Waals surface area contributed by atoms with E-state index in [9.17, 15) is 9.90 Å². The number of rotatable bonds is 11. The Morgan fingerprint density at radius 3 is 2.44 bits per heavy atom.